The Morgan fingerprint density at radius 3 is 1.62 bits per heavy atom. The van der Waals surface area contributed by atoms with E-state index in [2.05, 4.69) is 74.6 Å². The van der Waals surface area contributed by atoms with Crippen LogP contribution in [0.15, 0.2) is 84.9 Å². The minimum absolute atomic E-state index is 0. The van der Waals surface area contributed by atoms with Gasteiger partial charge >= 0.3 is 72.9 Å². The number of benzene rings is 2. The van der Waals surface area contributed by atoms with E-state index in [4.69, 9.17) is 5.11 Å². The molecule has 4 rings (SSSR count). The van der Waals surface area contributed by atoms with Crippen LogP contribution in [0.4, 0.5) is 0 Å². The molecule has 0 aromatic heterocycles. The molecule has 0 aliphatic heterocycles. The fraction of sp³-hybridized carbons (Fsp3) is 0.208. The zero-order valence-electron chi connectivity index (χ0n) is 17.2. The van der Waals surface area contributed by atoms with Gasteiger partial charge in [0, 0.05) is 0 Å². The molecule has 154 valence electrons. The minimum Gasteiger partial charge on any atom is -1.00 e. The van der Waals surface area contributed by atoms with Crippen molar-refractivity contribution in [1.82, 2.24) is 0 Å². The summed E-state index contributed by atoms with van der Waals surface area (Å²) >= 11 is 1.55. The van der Waals surface area contributed by atoms with Crippen LogP contribution in [-0.4, -0.2) is 22.6 Å². The van der Waals surface area contributed by atoms with Gasteiger partial charge in [-0.25, -0.2) is 12.1 Å². The molecule has 29 heavy (non-hydrogen) atoms. The van der Waals surface area contributed by atoms with Crippen LogP contribution in [0.2, 0.25) is 19.1 Å². The van der Waals surface area contributed by atoms with Crippen LogP contribution >= 0.6 is 0 Å². The Morgan fingerprint density at radius 2 is 1.31 bits per heavy atom. The first-order chi connectivity index (χ1) is 13.0. The Bertz CT molecular complexity index is 894. The summed E-state index contributed by atoms with van der Waals surface area (Å²) in [5.74, 6) is 0. The van der Waals surface area contributed by atoms with Crippen molar-refractivity contribution in [3.05, 3.63) is 84.9 Å². The molecule has 0 saturated carbocycles. The molecular formula is C24H28Cl2OSiZr-2. The molecule has 5 heteroatoms. The summed E-state index contributed by atoms with van der Waals surface area (Å²) in [5, 5.41) is 14.1. The number of rotatable bonds is 3. The third-order valence-corrected chi connectivity index (χ3v) is 13.3. The van der Waals surface area contributed by atoms with Crippen LogP contribution in [0.3, 0.4) is 0 Å². The first-order valence-electron chi connectivity index (χ1n) is 9.32. The molecule has 0 saturated heterocycles. The first-order valence-corrected chi connectivity index (χ1v) is 13.8. The standard InChI is InChI=1S/C13H9.C6H14OSi.C5H5.2ClH.Zr/c1-3-7-12-10(5-1)9-11-6-2-4-8-13(11)12;1-4-8(2,3)6-5-7;1-2-4-5-3-1;;;/h1-9H;7H,5-6H2,1-3H3;1-5H;2*1H;/q-1;;-1;;;+2/p-2. The second kappa shape index (κ2) is 14.2. The van der Waals surface area contributed by atoms with Crippen molar-refractivity contribution in [3.63, 3.8) is 0 Å². The van der Waals surface area contributed by atoms with Crippen LogP contribution in [0.25, 0.3) is 21.5 Å². The van der Waals surface area contributed by atoms with Gasteiger partial charge in [-0.15, -0.1) is 39.7 Å². The Kier molecular flexibility index (Phi) is 13.8. The predicted octanol–water partition coefficient (Wildman–Crippen LogP) is 0.0908. The second-order valence-electron chi connectivity index (χ2n) is 7.26. The van der Waals surface area contributed by atoms with E-state index in [1.165, 1.54) is 21.5 Å². The Hall–Kier alpha value is -0.830. The van der Waals surface area contributed by atoms with Gasteiger partial charge in [0.15, 0.2) is 0 Å². The van der Waals surface area contributed by atoms with Gasteiger partial charge in [-0.2, -0.15) is 18.2 Å². The third kappa shape index (κ3) is 8.82. The summed E-state index contributed by atoms with van der Waals surface area (Å²) in [6, 6.07) is 30.3. The van der Waals surface area contributed by atoms with Crippen molar-refractivity contribution in [1.29, 1.82) is 0 Å². The molecule has 0 unspecified atom stereocenters. The normalized spacial score (nSPS) is 10.0. The van der Waals surface area contributed by atoms with Gasteiger partial charge in [0.25, 0.3) is 0 Å². The van der Waals surface area contributed by atoms with Crippen LogP contribution in [-0.2, 0) is 24.2 Å². The SMILES string of the molecule is C[C](=[Zr+2])[Si](C)(C)CCO.[Cl-].[Cl-].c1cc[cH-]c1.c1ccc2c(c1)[cH-]c1ccccc12. The molecule has 0 bridgehead atoms. The average Bonchev–Trinajstić information content (AvgIpc) is 3.33. The number of fused-ring (bicyclic) bond motifs is 3. The molecule has 0 heterocycles. The smallest absolute Gasteiger partial charge is 0.0771 e. The van der Waals surface area contributed by atoms with Crippen LogP contribution in [0, 0.1) is 0 Å². The maximum Gasteiger partial charge on any atom is -0.0771 e. The zero-order valence-corrected chi connectivity index (χ0v) is 22.2. The third-order valence-electron chi connectivity index (χ3n) is 4.83. The summed E-state index contributed by atoms with van der Waals surface area (Å²) in [5.41, 5.74) is 0. The maximum absolute atomic E-state index is 8.68. The summed E-state index contributed by atoms with van der Waals surface area (Å²) in [6.45, 7) is 7.20. The molecule has 0 aliphatic rings. The van der Waals surface area contributed by atoms with Crippen molar-refractivity contribution in [2.75, 3.05) is 6.61 Å². The van der Waals surface area contributed by atoms with Crippen molar-refractivity contribution in [3.8, 4) is 0 Å². The fourth-order valence-corrected chi connectivity index (χ4v) is 4.55. The van der Waals surface area contributed by atoms with E-state index >= 15 is 0 Å². The van der Waals surface area contributed by atoms with Gasteiger partial charge in [0.2, 0.25) is 0 Å². The molecule has 0 aliphatic carbocycles. The van der Waals surface area contributed by atoms with E-state index in [0.717, 1.165) is 6.04 Å². The number of hydrogen-bond donors (Lipinski definition) is 1. The topological polar surface area (TPSA) is 20.2 Å². The van der Waals surface area contributed by atoms with Gasteiger partial charge in [0.1, 0.15) is 0 Å². The molecule has 4 aromatic rings. The monoisotopic (exact) mass is 520 g/mol. The second-order valence-corrected chi connectivity index (χ2v) is 15.4. The van der Waals surface area contributed by atoms with E-state index in [-0.39, 0.29) is 24.8 Å². The fourth-order valence-electron chi connectivity index (χ4n) is 2.69. The van der Waals surface area contributed by atoms with Gasteiger partial charge in [-0.3, -0.25) is 0 Å². The van der Waals surface area contributed by atoms with Crippen molar-refractivity contribution >= 4 is 32.4 Å². The number of hydrogen-bond acceptors (Lipinski definition) is 1. The van der Waals surface area contributed by atoms with Crippen molar-refractivity contribution in [2.45, 2.75) is 26.1 Å². The summed E-state index contributed by atoms with van der Waals surface area (Å²) in [7, 11) is -1.07. The van der Waals surface area contributed by atoms with E-state index in [1.807, 2.05) is 30.3 Å². The summed E-state index contributed by atoms with van der Waals surface area (Å²) < 4.78 is 1.61. The van der Waals surface area contributed by atoms with Gasteiger partial charge in [-0.05, 0) is 0 Å². The number of aliphatic hydroxyl groups excluding tert-OH is 1. The summed E-state index contributed by atoms with van der Waals surface area (Å²) in [6.07, 6.45) is 0. The molecule has 0 spiro atoms. The molecule has 0 atom stereocenters. The molecule has 4 aromatic carbocycles. The maximum atomic E-state index is 8.68. The van der Waals surface area contributed by atoms with Crippen LogP contribution in [0.5, 0.6) is 0 Å². The number of aliphatic hydroxyl groups is 1. The quantitative estimate of drug-likeness (QED) is 0.299. The average molecular weight is 523 g/mol. The Morgan fingerprint density at radius 1 is 0.862 bits per heavy atom. The molecule has 0 amide bonds. The van der Waals surface area contributed by atoms with Crippen LogP contribution < -0.4 is 24.8 Å². The van der Waals surface area contributed by atoms with E-state index in [9.17, 15) is 0 Å². The molecule has 0 radical (unpaired) electrons. The first kappa shape index (κ1) is 28.2. The largest absolute Gasteiger partial charge is 1.00 e. The molecular weight excluding hydrogens is 494 g/mol. The van der Waals surface area contributed by atoms with Gasteiger partial charge in [0.05, 0.1) is 0 Å². The number of halogens is 2. The van der Waals surface area contributed by atoms with E-state index < -0.39 is 8.07 Å². The van der Waals surface area contributed by atoms with Gasteiger partial charge in [-0.1, -0.05) is 36.4 Å². The molecule has 0 fully saturated rings. The molecule has 1 N–H and O–H groups in total. The van der Waals surface area contributed by atoms with E-state index in [0.29, 0.717) is 6.61 Å². The Labute approximate surface area is 203 Å². The molecule has 1 nitrogen and oxygen atoms in total. The zero-order chi connectivity index (χ0) is 19.7. The van der Waals surface area contributed by atoms with Crippen molar-refractivity contribution < 1.29 is 54.2 Å². The van der Waals surface area contributed by atoms with E-state index in [1.54, 1.807) is 27.1 Å². The summed E-state index contributed by atoms with van der Waals surface area (Å²) in [4.78, 5) is 0. The Balaban J connectivity index is 0.000000433. The van der Waals surface area contributed by atoms with Crippen molar-refractivity contribution in [2.24, 2.45) is 0 Å². The van der Waals surface area contributed by atoms with Crippen LogP contribution in [0.1, 0.15) is 6.92 Å². The predicted molar refractivity (Wildman–Crippen MR) is 119 cm³/mol. The minimum atomic E-state index is -1.07. The van der Waals surface area contributed by atoms with Gasteiger partial charge < -0.3 is 24.8 Å².